The molecule has 1 amide bonds. The van der Waals surface area contributed by atoms with Crippen molar-refractivity contribution in [3.63, 3.8) is 0 Å². The van der Waals surface area contributed by atoms with Gasteiger partial charge in [0.2, 0.25) is 5.91 Å². The number of nitrogens with two attached hydrogens (primary N) is 2. The van der Waals surface area contributed by atoms with Crippen LogP contribution >= 0.6 is 0 Å². The molecule has 0 aliphatic rings. The highest BCUT2D eigenvalue weighted by Gasteiger charge is 2.31. The summed E-state index contributed by atoms with van der Waals surface area (Å²) in [6, 6.07) is 0.440. The van der Waals surface area contributed by atoms with Gasteiger partial charge in [0.15, 0.2) is 0 Å². The molecule has 4 N–H and O–H groups in total. The Morgan fingerprint density at radius 1 is 1.33 bits per heavy atom. The molecule has 0 aliphatic heterocycles. The number of carbonyl (C=O) groups excluding carboxylic acids is 1. The minimum atomic E-state index is -0.300. The Hall–Kier alpha value is -0.610. The highest BCUT2D eigenvalue weighted by Crippen LogP contribution is 2.24. The average Bonchev–Trinajstić information content (AvgIpc) is 2.00. The van der Waals surface area contributed by atoms with E-state index in [9.17, 15) is 4.79 Å². The van der Waals surface area contributed by atoms with E-state index in [0.29, 0.717) is 6.54 Å². The van der Waals surface area contributed by atoms with Gasteiger partial charge >= 0.3 is 0 Å². The normalized spacial score (nSPS) is 14.7. The number of nitrogens with zero attached hydrogens (tertiary/aromatic N) is 1. The lowest BCUT2D eigenvalue weighted by Crippen LogP contribution is -2.54. The summed E-state index contributed by atoms with van der Waals surface area (Å²) in [5.41, 5.74) is 11.1. The largest absolute Gasteiger partial charge is 0.369 e. The van der Waals surface area contributed by atoms with E-state index >= 15 is 0 Å². The van der Waals surface area contributed by atoms with Crippen molar-refractivity contribution in [2.24, 2.45) is 16.9 Å². The fourth-order valence-electron chi connectivity index (χ4n) is 1.82. The van der Waals surface area contributed by atoms with Crippen LogP contribution in [0.3, 0.4) is 0 Å². The Bertz CT molecular complexity index is 208. The molecular formula is C11H25N3O. The van der Waals surface area contributed by atoms with Gasteiger partial charge in [-0.15, -0.1) is 0 Å². The maximum atomic E-state index is 11.0. The van der Waals surface area contributed by atoms with Crippen molar-refractivity contribution in [2.75, 3.05) is 13.1 Å². The molecule has 1 atom stereocenters. The van der Waals surface area contributed by atoms with Gasteiger partial charge in [-0.25, -0.2) is 0 Å². The van der Waals surface area contributed by atoms with Crippen LogP contribution in [0.25, 0.3) is 0 Å². The van der Waals surface area contributed by atoms with E-state index in [2.05, 4.69) is 39.5 Å². The molecular weight excluding hydrogens is 190 g/mol. The van der Waals surface area contributed by atoms with E-state index in [1.165, 1.54) is 0 Å². The molecule has 0 radical (unpaired) electrons. The lowest BCUT2D eigenvalue weighted by Gasteiger charge is -2.41. The smallest absolute Gasteiger partial charge is 0.231 e. The highest BCUT2D eigenvalue weighted by molar-refractivity contribution is 5.76. The van der Waals surface area contributed by atoms with Gasteiger partial charge in [-0.05, 0) is 19.3 Å². The standard InChI is InChI=1S/C11H25N3O/c1-8(2)14(7-10(13)15)9(6-12)11(3,4)5/h8-9H,6-7,12H2,1-5H3,(H2,13,15). The SMILES string of the molecule is CC(C)N(CC(N)=O)C(CN)C(C)(C)C. The summed E-state index contributed by atoms with van der Waals surface area (Å²) in [6.45, 7) is 11.3. The first-order valence-electron chi connectivity index (χ1n) is 5.44. The second kappa shape index (κ2) is 5.47. The van der Waals surface area contributed by atoms with Crippen LogP contribution in [-0.2, 0) is 4.79 Å². The fraction of sp³-hybridized carbons (Fsp3) is 0.909. The number of rotatable bonds is 5. The van der Waals surface area contributed by atoms with E-state index in [0.717, 1.165) is 0 Å². The Morgan fingerprint density at radius 2 is 1.80 bits per heavy atom. The third-order valence-corrected chi connectivity index (χ3v) is 2.62. The molecule has 15 heavy (non-hydrogen) atoms. The summed E-state index contributed by atoms with van der Waals surface area (Å²) in [6.07, 6.45) is 0. The van der Waals surface area contributed by atoms with Crippen molar-refractivity contribution in [3.8, 4) is 0 Å². The van der Waals surface area contributed by atoms with Crippen molar-refractivity contribution in [2.45, 2.75) is 46.7 Å². The van der Waals surface area contributed by atoms with Gasteiger partial charge in [0, 0.05) is 18.6 Å². The van der Waals surface area contributed by atoms with E-state index in [1.54, 1.807) is 0 Å². The molecule has 0 aromatic carbocycles. The zero-order valence-corrected chi connectivity index (χ0v) is 10.6. The maximum Gasteiger partial charge on any atom is 0.231 e. The lowest BCUT2D eigenvalue weighted by atomic mass is 9.85. The molecule has 0 rings (SSSR count). The zero-order chi connectivity index (χ0) is 12.2. The molecule has 0 aromatic rings. The molecule has 0 bridgehead atoms. The van der Waals surface area contributed by atoms with Gasteiger partial charge in [0.25, 0.3) is 0 Å². The molecule has 4 heteroatoms. The Kier molecular flexibility index (Phi) is 5.24. The number of hydrogen-bond acceptors (Lipinski definition) is 3. The van der Waals surface area contributed by atoms with Crippen LogP contribution in [0.4, 0.5) is 0 Å². The Balaban J connectivity index is 4.78. The highest BCUT2D eigenvalue weighted by atomic mass is 16.1. The van der Waals surface area contributed by atoms with Crippen LogP contribution in [-0.4, -0.2) is 36.0 Å². The Morgan fingerprint density at radius 3 is 2.00 bits per heavy atom. The summed E-state index contributed by atoms with van der Waals surface area (Å²) in [7, 11) is 0. The van der Waals surface area contributed by atoms with E-state index in [1.807, 2.05) is 0 Å². The van der Waals surface area contributed by atoms with E-state index in [4.69, 9.17) is 11.5 Å². The fourth-order valence-corrected chi connectivity index (χ4v) is 1.82. The van der Waals surface area contributed by atoms with Crippen LogP contribution in [0.5, 0.6) is 0 Å². The van der Waals surface area contributed by atoms with Crippen LogP contribution in [0.15, 0.2) is 0 Å². The first kappa shape index (κ1) is 14.4. The van der Waals surface area contributed by atoms with Crippen LogP contribution in [0.2, 0.25) is 0 Å². The molecule has 4 nitrogen and oxygen atoms in total. The first-order chi connectivity index (χ1) is 6.70. The molecule has 0 aliphatic carbocycles. The van der Waals surface area contributed by atoms with Gasteiger partial charge in [-0.1, -0.05) is 20.8 Å². The van der Waals surface area contributed by atoms with E-state index < -0.39 is 0 Å². The summed E-state index contributed by atoms with van der Waals surface area (Å²) < 4.78 is 0. The molecule has 0 fully saturated rings. The average molecular weight is 215 g/mol. The predicted octanol–water partition coefficient (Wildman–Crippen LogP) is 0.556. The van der Waals surface area contributed by atoms with Gasteiger partial charge in [-0.2, -0.15) is 0 Å². The molecule has 0 aromatic heterocycles. The summed E-state index contributed by atoms with van der Waals surface area (Å²) >= 11 is 0. The minimum absolute atomic E-state index is 0.0501. The third-order valence-electron chi connectivity index (χ3n) is 2.62. The number of carbonyl (C=O) groups is 1. The van der Waals surface area contributed by atoms with Crippen molar-refractivity contribution < 1.29 is 4.79 Å². The summed E-state index contributed by atoms with van der Waals surface area (Å²) in [4.78, 5) is 13.1. The van der Waals surface area contributed by atoms with Crippen LogP contribution in [0, 0.1) is 5.41 Å². The minimum Gasteiger partial charge on any atom is -0.369 e. The molecule has 0 heterocycles. The van der Waals surface area contributed by atoms with Gasteiger partial charge in [0.1, 0.15) is 0 Å². The predicted molar refractivity (Wildman–Crippen MR) is 63.3 cm³/mol. The maximum absolute atomic E-state index is 11.0. The number of primary amides is 1. The summed E-state index contributed by atoms with van der Waals surface area (Å²) in [5, 5.41) is 0. The van der Waals surface area contributed by atoms with Gasteiger partial charge in [0.05, 0.1) is 6.54 Å². The second-order valence-corrected chi connectivity index (χ2v) is 5.35. The molecule has 0 saturated heterocycles. The van der Waals surface area contributed by atoms with Crippen molar-refractivity contribution in [1.82, 2.24) is 4.90 Å². The van der Waals surface area contributed by atoms with Crippen molar-refractivity contribution in [3.05, 3.63) is 0 Å². The van der Waals surface area contributed by atoms with Gasteiger partial charge < -0.3 is 11.5 Å². The lowest BCUT2D eigenvalue weighted by molar-refractivity contribution is -0.120. The third kappa shape index (κ3) is 4.62. The number of hydrogen-bond donors (Lipinski definition) is 2. The van der Waals surface area contributed by atoms with Crippen molar-refractivity contribution in [1.29, 1.82) is 0 Å². The van der Waals surface area contributed by atoms with Crippen LogP contribution in [0.1, 0.15) is 34.6 Å². The monoisotopic (exact) mass is 215 g/mol. The first-order valence-corrected chi connectivity index (χ1v) is 5.44. The quantitative estimate of drug-likeness (QED) is 0.703. The number of amides is 1. The Labute approximate surface area is 93.0 Å². The second-order valence-electron chi connectivity index (χ2n) is 5.35. The molecule has 1 unspecified atom stereocenters. The zero-order valence-electron chi connectivity index (χ0n) is 10.6. The van der Waals surface area contributed by atoms with Gasteiger partial charge in [-0.3, -0.25) is 9.69 Å². The summed E-state index contributed by atoms with van der Waals surface area (Å²) in [5.74, 6) is -0.300. The topological polar surface area (TPSA) is 72.3 Å². The molecule has 0 spiro atoms. The van der Waals surface area contributed by atoms with E-state index in [-0.39, 0.29) is 30.0 Å². The molecule has 90 valence electrons. The molecule has 0 saturated carbocycles. The van der Waals surface area contributed by atoms with Crippen molar-refractivity contribution >= 4 is 5.91 Å². The van der Waals surface area contributed by atoms with Crippen LogP contribution < -0.4 is 11.5 Å².